The first kappa shape index (κ1) is 65.7. The number of carbonyl (C=O) groups is 2. The van der Waals surface area contributed by atoms with Gasteiger partial charge >= 0.3 is 0 Å². The number of pyridine rings is 3. The van der Waals surface area contributed by atoms with E-state index in [1.54, 1.807) is 91.3 Å². The van der Waals surface area contributed by atoms with Gasteiger partial charge in [0.15, 0.2) is 5.60 Å². The van der Waals surface area contributed by atoms with E-state index < -0.39 is 28.3 Å². The molecule has 0 radical (unpaired) electrons. The van der Waals surface area contributed by atoms with Crippen LogP contribution in [0.25, 0.3) is 38.6 Å². The first-order chi connectivity index (χ1) is 42.0. The lowest BCUT2D eigenvalue weighted by atomic mass is 9.81. The standard InChI is InChI=1S/C34H34ClFN4O4.C29H25ClFN3O4.C4H10.C2H6/c1-21(13-26-31(44-19-33(26,3)4)22(2)23-8-9-28(36)27(35)15-23)34(42,18-40-12-11-37-20-40)17-39-32(41)25-14-24-7-6-10-38-30(24)29(16-25)43-5;1-28(2)14-37-26-19(28)12-23(34-25(26)17-6-7-21(31)20(30)10-17)29(15-38-29)13-33-27(35)18-9-16-5-4-8-32-24(16)22(11-18)36-3;1-3-4-2;1-2/h6-16,20,42H,2,17-19H2,1,3-5H3,(H,39,41);4-12H,13-15H2,1-3H3,(H,33,35);3-4H2,1-2H3;1-2H3/b21-13+;;;. The number of fused-ring (bicyclic) bond motifs is 3. The highest BCUT2D eigenvalue weighted by Gasteiger charge is 2.50. The number of aliphatic hydroxyl groups is 1. The molecule has 1 fully saturated rings. The molecule has 3 aliphatic heterocycles. The Kier molecular flexibility index (Phi) is 20.8. The number of methoxy groups -OCH3 is 2. The molecule has 4 aromatic heterocycles. The van der Waals surface area contributed by atoms with E-state index in [2.05, 4.69) is 59.9 Å². The molecule has 0 saturated carbocycles. The molecular weight excluding hydrogens is 1160 g/mol. The van der Waals surface area contributed by atoms with Crippen LogP contribution in [0.15, 0.2) is 152 Å². The van der Waals surface area contributed by atoms with Crippen LogP contribution in [0.1, 0.15) is 113 Å². The van der Waals surface area contributed by atoms with Gasteiger partial charge in [0.05, 0.1) is 75.7 Å². The van der Waals surface area contributed by atoms with Crippen LogP contribution in [0, 0.1) is 17.0 Å². The van der Waals surface area contributed by atoms with Crippen molar-refractivity contribution in [3.05, 3.63) is 201 Å². The van der Waals surface area contributed by atoms with E-state index >= 15 is 0 Å². The highest BCUT2D eigenvalue weighted by Crippen LogP contribution is 2.49. The van der Waals surface area contributed by atoms with Crippen LogP contribution in [0.3, 0.4) is 0 Å². The number of halogens is 4. The third-order valence-electron chi connectivity index (χ3n) is 15.5. The molecule has 3 N–H and O–H groups in total. The van der Waals surface area contributed by atoms with Gasteiger partial charge in [-0.1, -0.05) is 122 Å². The van der Waals surface area contributed by atoms with Crippen molar-refractivity contribution >= 4 is 62.4 Å². The molecule has 15 nitrogen and oxygen atoms in total. The second-order valence-electron chi connectivity index (χ2n) is 22.8. The lowest BCUT2D eigenvalue weighted by Gasteiger charge is -2.31. The molecule has 2 atom stereocenters. The zero-order chi connectivity index (χ0) is 63.7. The number of epoxide rings is 1. The van der Waals surface area contributed by atoms with Crippen molar-refractivity contribution in [2.75, 3.05) is 47.1 Å². The van der Waals surface area contributed by atoms with Crippen LogP contribution in [0.5, 0.6) is 17.2 Å². The SMILES string of the molecule is C=C(C1=C(/C=C(\C)C(O)(CNC(=O)c2cc(OC)c3ncccc3c2)Cn2ccnc2)C(C)(C)CO1)c1ccc(F)c(Cl)c1.CC.CCCC.COc1cc(C(=O)NCC2(c3cc4c(c(-c5ccc(F)c(Cl)c5)n3)OCC4(C)C)CO2)cc2cccnc12. The number of amides is 2. The molecule has 88 heavy (non-hydrogen) atoms. The molecule has 4 aromatic carbocycles. The number of rotatable bonds is 17. The first-order valence-corrected chi connectivity index (χ1v) is 29.9. The lowest BCUT2D eigenvalue weighted by molar-refractivity contribution is 0.0546. The van der Waals surface area contributed by atoms with Crippen LogP contribution in [0.4, 0.5) is 8.78 Å². The number of nitrogens with one attached hydrogen (secondary N) is 2. The minimum absolute atomic E-state index is 0.00590. The van der Waals surface area contributed by atoms with Gasteiger partial charge in [0.2, 0.25) is 0 Å². The number of nitrogens with zero attached hydrogens (tertiary/aromatic N) is 5. The quantitative estimate of drug-likeness (QED) is 0.0734. The third kappa shape index (κ3) is 14.5. The molecule has 0 aliphatic carbocycles. The van der Waals surface area contributed by atoms with E-state index in [0.29, 0.717) is 98.6 Å². The van der Waals surface area contributed by atoms with Crippen molar-refractivity contribution in [2.45, 2.75) is 98.3 Å². The Bertz CT molecular complexity index is 3940. The summed E-state index contributed by atoms with van der Waals surface area (Å²) in [5, 5.41) is 19.6. The minimum atomic E-state index is -1.52. The van der Waals surface area contributed by atoms with E-state index in [0.717, 1.165) is 21.9 Å². The second-order valence-corrected chi connectivity index (χ2v) is 23.6. The van der Waals surface area contributed by atoms with Crippen molar-refractivity contribution in [2.24, 2.45) is 5.41 Å². The maximum absolute atomic E-state index is 13.9. The van der Waals surface area contributed by atoms with Crippen LogP contribution in [-0.2, 0) is 27.0 Å². The Balaban J connectivity index is 0.000000211. The molecule has 462 valence electrons. The van der Waals surface area contributed by atoms with Crippen molar-refractivity contribution in [1.82, 2.24) is 35.1 Å². The number of imidazole rings is 1. The van der Waals surface area contributed by atoms with Crippen molar-refractivity contribution in [3.63, 3.8) is 0 Å². The summed E-state index contributed by atoms with van der Waals surface area (Å²) in [6, 6.07) is 25.0. The molecule has 2 unspecified atom stereocenters. The van der Waals surface area contributed by atoms with Crippen LogP contribution < -0.4 is 24.8 Å². The van der Waals surface area contributed by atoms with Crippen LogP contribution >= 0.6 is 23.2 Å². The predicted molar refractivity (Wildman–Crippen MR) is 342 cm³/mol. The Morgan fingerprint density at radius 2 is 1.35 bits per heavy atom. The second kappa shape index (κ2) is 27.9. The largest absolute Gasteiger partial charge is 0.494 e. The zero-order valence-corrected chi connectivity index (χ0v) is 53.1. The number of unbranched alkanes of at least 4 members (excludes halogenated alkanes) is 1. The summed E-state index contributed by atoms with van der Waals surface area (Å²) < 4.78 is 58.5. The summed E-state index contributed by atoms with van der Waals surface area (Å²) in [5.41, 5.74) is 4.58. The Morgan fingerprint density at radius 1 is 0.773 bits per heavy atom. The van der Waals surface area contributed by atoms with Crippen molar-refractivity contribution in [3.8, 4) is 28.5 Å². The minimum Gasteiger partial charge on any atom is -0.494 e. The van der Waals surface area contributed by atoms with Crippen LogP contribution in [-0.4, -0.2) is 94.2 Å². The number of aromatic nitrogens is 5. The number of ether oxygens (including phenoxy) is 5. The van der Waals surface area contributed by atoms with Gasteiger partial charge < -0.3 is 44.0 Å². The Hall–Kier alpha value is -8.22. The van der Waals surface area contributed by atoms with Crippen LogP contribution in [0.2, 0.25) is 10.0 Å². The molecule has 19 heteroatoms. The highest BCUT2D eigenvalue weighted by atomic mass is 35.5. The summed E-state index contributed by atoms with van der Waals surface area (Å²) in [4.78, 5) is 44.3. The molecule has 0 spiro atoms. The molecule has 0 bridgehead atoms. The average Bonchev–Trinajstić information content (AvgIpc) is 1.66. The van der Waals surface area contributed by atoms with E-state index in [9.17, 15) is 23.5 Å². The number of benzene rings is 4. The van der Waals surface area contributed by atoms with E-state index in [1.165, 1.54) is 38.2 Å². The number of carbonyl (C=O) groups excluding carboxylic acids is 2. The molecule has 3 aliphatic rings. The monoisotopic (exact) mass is 1240 g/mol. The van der Waals surface area contributed by atoms with Gasteiger partial charge in [0, 0.05) is 79.8 Å². The first-order valence-electron chi connectivity index (χ1n) is 29.1. The maximum Gasteiger partial charge on any atom is 0.251 e. The van der Waals surface area contributed by atoms with Crippen molar-refractivity contribution < 1.29 is 47.2 Å². The maximum atomic E-state index is 13.9. The normalized spacial score (nSPS) is 16.7. The Morgan fingerprint density at radius 3 is 1.90 bits per heavy atom. The summed E-state index contributed by atoms with van der Waals surface area (Å²) in [7, 11) is 3.08. The fourth-order valence-electron chi connectivity index (χ4n) is 9.95. The predicted octanol–water partition coefficient (Wildman–Crippen LogP) is 14.6. The topological polar surface area (TPSA) is 184 Å². The summed E-state index contributed by atoms with van der Waals surface area (Å²) in [5.74, 6) is 0.512. The number of hydrogen-bond acceptors (Lipinski definition) is 12. The molecule has 2 amide bonds. The van der Waals surface area contributed by atoms with Crippen molar-refractivity contribution in [1.29, 1.82) is 0 Å². The summed E-state index contributed by atoms with van der Waals surface area (Å²) in [6.45, 7) is 24.1. The van der Waals surface area contributed by atoms with E-state index in [4.69, 9.17) is 51.9 Å². The van der Waals surface area contributed by atoms with Gasteiger partial charge in [-0.05, 0) is 90.9 Å². The molecule has 8 aromatic rings. The van der Waals surface area contributed by atoms with Gasteiger partial charge in [-0.25, -0.2) is 18.7 Å². The third-order valence-corrected chi connectivity index (χ3v) is 16.1. The van der Waals surface area contributed by atoms with Gasteiger partial charge in [-0.2, -0.15) is 0 Å². The molecule has 1 saturated heterocycles. The van der Waals surface area contributed by atoms with E-state index in [1.807, 2.05) is 65.0 Å². The summed E-state index contributed by atoms with van der Waals surface area (Å²) >= 11 is 12.1. The van der Waals surface area contributed by atoms with Gasteiger partial charge in [0.25, 0.3) is 11.8 Å². The zero-order valence-electron chi connectivity index (χ0n) is 51.5. The highest BCUT2D eigenvalue weighted by molar-refractivity contribution is 6.31. The fraction of sp³-hybridized carbons (Fsp3) is 0.333. The Labute approximate surface area is 522 Å². The number of hydrogen-bond donors (Lipinski definition) is 3. The molecule has 11 rings (SSSR count). The molecular formula is C69H75Cl2F2N7O8. The average molecular weight is 1240 g/mol. The lowest BCUT2D eigenvalue weighted by Crippen LogP contribution is -2.47. The fourth-order valence-corrected chi connectivity index (χ4v) is 10.3. The van der Waals surface area contributed by atoms with Gasteiger partial charge in [-0.3, -0.25) is 19.6 Å². The molecule has 7 heterocycles. The summed E-state index contributed by atoms with van der Waals surface area (Å²) in [6.07, 6.45) is 12.8. The smallest absolute Gasteiger partial charge is 0.251 e. The van der Waals surface area contributed by atoms with Gasteiger partial charge in [0.1, 0.15) is 57.0 Å². The number of allylic oxidation sites excluding steroid dienone is 2. The van der Waals surface area contributed by atoms with E-state index in [-0.39, 0.29) is 46.9 Å². The van der Waals surface area contributed by atoms with Gasteiger partial charge in [-0.15, -0.1) is 0 Å².